The predicted octanol–water partition coefficient (Wildman–Crippen LogP) is 4.62. The third-order valence-corrected chi connectivity index (χ3v) is 5.01. The molecule has 1 saturated heterocycles. The Hall–Kier alpha value is -2.29. The van der Waals surface area contributed by atoms with Crippen molar-refractivity contribution >= 4 is 11.7 Å². The first-order valence-corrected chi connectivity index (χ1v) is 8.85. The Labute approximate surface area is 143 Å². The molecular formula is C21H25NO2. The molecule has 2 aromatic carbocycles. The number of benzene rings is 2. The van der Waals surface area contributed by atoms with E-state index in [1.807, 2.05) is 12.1 Å². The van der Waals surface area contributed by atoms with Crippen LogP contribution in [0.3, 0.4) is 0 Å². The van der Waals surface area contributed by atoms with Crippen molar-refractivity contribution in [2.45, 2.75) is 32.1 Å². The van der Waals surface area contributed by atoms with Gasteiger partial charge in [0, 0.05) is 13.1 Å². The molecular weight excluding hydrogens is 298 g/mol. The fraction of sp³-hybridized carbons (Fsp3) is 0.381. The van der Waals surface area contributed by atoms with Crippen LogP contribution in [0.2, 0.25) is 0 Å². The summed E-state index contributed by atoms with van der Waals surface area (Å²) in [6.07, 6.45) is 5.97. The molecule has 1 fully saturated rings. The number of rotatable bonds is 6. The van der Waals surface area contributed by atoms with Crippen molar-refractivity contribution in [3.63, 3.8) is 0 Å². The molecule has 0 spiro atoms. The van der Waals surface area contributed by atoms with Gasteiger partial charge in [-0.3, -0.25) is 0 Å². The molecule has 0 aromatic heterocycles. The number of aryl methyl sites for hydroxylation is 1. The maximum absolute atomic E-state index is 11.4. The molecule has 1 heterocycles. The SMILES string of the molecule is O=C(O)c1ccccc1N1CCC(CCCc2ccccc2)CC1. The second-order valence-electron chi connectivity index (χ2n) is 6.63. The van der Waals surface area contributed by atoms with Crippen molar-refractivity contribution in [3.8, 4) is 0 Å². The fourth-order valence-electron chi connectivity index (χ4n) is 3.63. The number of anilines is 1. The monoisotopic (exact) mass is 323 g/mol. The molecule has 2 aromatic rings. The van der Waals surface area contributed by atoms with Crippen molar-refractivity contribution in [1.82, 2.24) is 0 Å². The Morgan fingerprint density at radius 1 is 1.00 bits per heavy atom. The van der Waals surface area contributed by atoms with Crippen LogP contribution in [0.25, 0.3) is 0 Å². The van der Waals surface area contributed by atoms with Crippen molar-refractivity contribution in [3.05, 3.63) is 65.7 Å². The average Bonchev–Trinajstić information content (AvgIpc) is 2.63. The van der Waals surface area contributed by atoms with E-state index in [0.717, 1.165) is 44.0 Å². The molecule has 0 saturated carbocycles. The Bertz CT molecular complexity index is 661. The third-order valence-electron chi connectivity index (χ3n) is 5.01. The van der Waals surface area contributed by atoms with Crippen molar-refractivity contribution < 1.29 is 9.90 Å². The molecule has 3 nitrogen and oxygen atoms in total. The topological polar surface area (TPSA) is 40.5 Å². The van der Waals surface area contributed by atoms with Crippen LogP contribution in [0, 0.1) is 5.92 Å². The number of piperidine rings is 1. The standard InChI is InChI=1S/C21H25NO2/c23-21(24)19-11-4-5-12-20(19)22-15-13-18(14-16-22)10-6-9-17-7-2-1-3-8-17/h1-5,7-8,11-12,18H,6,9-10,13-16H2,(H,23,24). The number of hydrogen-bond acceptors (Lipinski definition) is 2. The lowest BCUT2D eigenvalue weighted by Crippen LogP contribution is -2.34. The first kappa shape index (κ1) is 16.6. The lowest BCUT2D eigenvalue weighted by Gasteiger charge is -2.34. The fourth-order valence-corrected chi connectivity index (χ4v) is 3.63. The minimum atomic E-state index is -0.837. The summed E-state index contributed by atoms with van der Waals surface area (Å²) in [7, 11) is 0. The van der Waals surface area contributed by atoms with E-state index in [-0.39, 0.29) is 0 Å². The maximum Gasteiger partial charge on any atom is 0.337 e. The highest BCUT2D eigenvalue weighted by Gasteiger charge is 2.22. The van der Waals surface area contributed by atoms with Crippen LogP contribution in [0.5, 0.6) is 0 Å². The average molecular weight is 323 g/mol. The lowest BCUT2D eigenvalue weighted by molar-refractivity contribution is 0.0697. The maximum atomic E-state index is 11.4. The van der Waals surface area contributed by atoms with Crippen LogP contribution < -0.4 is 4.90 Å². The second kappa shape index (κ2) is 8.00. The van der Waals surface area contributed by atoms with Gasteiger partial charge in [0.15, 0.2) is 0 Å². The summed E-state index contributed by atoms with van der Waals surface area (Å²) in [5, 5.41) is 9.35. The number of carboxylic acid groups (broad SMARTS) is 1. The Morgan fingerprint density at radius 3 is 2.38 bits per heavy atom. The summed E-state index contributed by atoms with van der Waals surface area (Å²) >= 11 is 0. The van der Waals surface area contributed by atoms with Crippen LogP contribution >= 0.6 is 0 Å². The van der Waals surface area contributed by atoms with Crippen LogP contribution in [0.1, 0.15) is 41.6 Å². The summed E-state index contributed by atoms with van der Waals surface area (Å²) in [6, 6.07) is 18.0. The molecule has 3 rings (SSSR count). The minimum absolute atomic E-state index is 0.417. The molecule has 0 radical (unpaired) electrons. The van der Waals surface area contributed by atoms with Gasteiger partial charge in [-0.25, -0.2) is 4.79 Å². The van der Waals surface area contributed by atoms with Gasteiger partial charge in [0.2, 0.25) is 0 Å². The molecule has 0 atom stereocenters. The molecule has 1 N–H and O–H groups in total. The van der Waals surface area contributed by atoms with Crippen LogP contribution in [-0.2, 0) is 6.42 Å². The highest BCUT2D eigenvalue weighted by molar-refractivity contribution is 5.94. The van der Waals surface area contributed by atoms with E-state index in [0.29, 0.717) is 5.56 Å². The number of aromatic carboxylic acids is 1. The summed E-state index contributed by atoms with van der Waals surface area (Å²) in [5.74, 6) is -0.0717. The first-order chi connectivity index (χ1) is 11.7. The Balaban J connectivity index is 1.48. The third kappa shape index (κ3) is 4.16. The van der Waals surface area contributed by atoms with E-state index < -0.39 is 5.97 Å². The van der Waals surface area contributed by atoms with E-state index in [2.05, 4.69) is 35.2 Å². The molecule has 3 heteroatoms. The zero-order chi connectivity index (χ0) is 16.8. The molecule has 1 aliphatic rings. The van der Waals surface area contributed by atoms with Gasteiger partial charge in [-0.2, -0.15) is 0 Å². The zero-order valence-electron chi connectivity index (χ0n) is 14.0. The highest BCUT2D eigenvalue weighted by atomic mass is 16.4. The smallest absolute Gasteiger partial charge is 0.337 e. The lowest BCUT2D eigenvalue weighted by atomic mass is 9.90. The van der Waals surface area contributed by atoms with Crippen LogP contribution in [-0.4, -0.2) is 24.2 Å². The molecule has 24 heavy (non-hydrogen) atoms. The van der Waals surface area contributed by atoms with Gasteiger partial charge in [-0.05, 0) is 55.7 Å². The normalized spacial score (nSPS) is 15.4. The Kier molecular flexibility index (Phi) is 5.52. The highest BCUT2D eigenvalue weighted by Crippen LogP contribution is 2.28. The van der Waals surface area contributed by atoms with Gasteiger partial charge in [0.25, 0.3) is 0 Å². The summed E-state index contributed by atoms with van der Waals surface area (Å²) in [4.78, 5) is 13.6. The minimum Gasteiger partial charge on any atom is -0.478 e. The number of para-hydroxylation sites is 1. The number of carbonyl (C=O) groups is 1. The molecule has 0 aliphatic carbocycles. The first-order valence-electron chi connectivity index (χ1n) is 8.85. The van der Waals surface area contributed by atoms with Crippen molar-refractivity contribution in [2.24, 2.45) is 5.92 Å². The van der Waals surface area contributed by atoms with Gasteiger partial charge in [0.05, 0.1) is 11.3 Å². The molecule has 0 amide bonds. The largest absolute Gasteiger partial charge is 0.478 e. The summed E-state index contributed by atoms with van der Waals surface area (Å²) in [5.41, 5.74) is 2.71. The van der Waals surface area contributed by atoms with Crippen molar-refractivity contribution in [1.29, 1.82) is 0 Å². The van der Waals surface area contributed by atoms with Crippen molar-refractivity contribution in [2.75, 3.05) is 18.0 Å². The quantitative estimate of drug-likeness (QED) is 0.843. The van der Waals surface area contributed by atoms with E-state index >= 15 is 0 Å². The summed E-state index contributed by atoms with van der Waals surface area (Å²) in [6.45, 7) is 1.92. The number of carboxylic acids is 1. The van der Waals surface area contributed by atoms with E-state index in [4.69, 9.17) is 0 Å². The molecule has 126 valence electrons. The number of nitrogens with zero attached hydrogens (tertiary/aromatic N) is 1. The predicted molar refractivity (Wildman–Crippen MR) is 97.7 cm³/mol. The molecule has 1 aliphatic heterocycles. The van der Waals surface area contributed by atoms with Gasteiger partial charge < -0.3 is 10.0 Å². The van der Waals surface area contributed by atoms with E-state index in [9.17, 15) is 9.90 Å². The van der Waals surface area contributed by atoms with Crippen LogP contribution in [0.4, 0.5) is 5.69 Å². The second-order valence-corrected chi connectivity index (χ2v) is 6.63. The van der Waals surface area contributed by atoms with Gasteiger partial charge in [0.1, 0.15) is 0 Å². The van der Waals surface area contributed by atoms with Gasteiger partial charge in [-0.1, -0.05) is 42.5 Å². The van der Waals surface area contributed by atoms with Gasteiger partial charge >= 0.3 is 5.97 Å². The van der Waals surface area contributed by atoms with Crippen LogP contribution in [0.15, 0.2) is 54.6 Å². The Morgan fingerprint density at radius 2 is 1.67 bits per heavy atom. The molecule has 0 bridgehead atoms. The zero-order valence-corrected chi connectivity index (χ0v) is 14.0. The van der Waals surface area contributed by atoms with Gasteiger partial charge in [-0.15, -0.1) is 0 Å². The van der Waals surface area contributed by atoms with E-state index in [1.165, 1.54) is 18.4 Å². The summed E-state index contributed by atoms with van der Waals surface area (Å²) < 4.78 is 0. The molecule has 0 unspecified atom stereocenters. The number of hydrogen-bond donors (Lipinski definition) is 1. The van der Waals surface area contributed by atoms with E-state index in [1.54, 1.807) is 12.1 Å².